The minimum atomic E-state index is 0.700. The fourth-order valence-corrected chi connectivity index (χ4v) is 2.47. The maximum Gasteiger partial charge on any atom is 0.216 e. The lowest BCUT2D eigenvalue weighted by atomic mass is 10.1. The molecule has 3 rings (SSSR count). The van der Waals surface area contributed by atoms with Gasteiger partial charge in [0, 0.05) is 29.3 Å². The highest BCUT2D eigenvalue weighted by Gasteiger charge is 2.09. The first kappa shape index (κ1) is 15.1. The molecule has 5 heteroatoms. The van der Waals surface area contributed by atoms with Crippen molar-refractivity contribution in [3.05, 3.63) is 60.3 Å². The largest absolute Gasteiger partial charge is 0.481 e. The Hall–Kier alpha value is -2.82. The van der Waals surface area contributed by atoms with Crippen molar-refractivity contribution >= 4 is 11.4 Å². The molecule has 0 aliphatic carbocycles. The predicted molar refractivity (Wildman–Crippen MR) is 91.8 cm³/mol. The summed E-state index contributed by atoms with van der Waals surface area (Å²) < 4.78 is 7.30. The van der Waals surface area contributed by atoms with E-state index in [4.69, 9.17) is 4.74 Å². The zero-order valence-electron chi connectivity index (χ0n) is 13.6. The first-order valence-corrected chi connectivity index (χ1v) is 7.61. The Morgan fingerprint density at radius 2 is 2.00 bits per heavy atom. The quantitative estimate of drug-likeness (QED) is 0.777. The summed E-state index contributed by atoms with van der Waals surface area (Å²) in [5.41, 5.74) is 5.10. The topological polar surface area (TPSA) is 52.0 Å². The first-order chi connectivity index (χ1) is 11.2. The molecule has 0 bridgehead atoms. The third-order valence-electron chi connectivity index (χ3n) is 3.78. The lowest BCUT2D eigenvalue weighted by Crippen LogP contribution is -2.01. The van der Waals surface area contributed by atoms with Crippen molar-refractivity contribution in [3.8, 4) is 11.6 Å². The Balaban J connectivity index is 1.84. The molecule has 3 aromatic rings. The molecule has 0 atom stereocenters. The fraction of sp³-hybridized carbons (Fsp3) is 0.222. The van der Waals surface area contributed by atoms with Gasteiger partial charge in [0.15, 0.2) is 0 Å². The van der Waals surface area contributed by atoms with E-state index in [-0.39, 0.29) is 0 Å². The van der Waals surface area contributed by atoms with Crippen molar-refractivity contribution in [2.45, 2.75) is 20.3 Å². The monoisotopic (exact) mass is 308 g/mol. The normalized spacial score (nSPS) is 10.6. The van der Waals surface area contributed by atoms with Crippen molar-refractivity contribution in [1.29, 1.82) is 0 Å². The van der Waals surface area contributed by atoms with E-state index in [9.17, 15) is 0 Å². The van der Waals surface area contributed by atoms with Gasteiger partial charge in [-0.1, -0.05) is 6.92 Å². The van der Waals surface area contributed by atoms with Gasteiger partial charge in [-0.25, -0.2) is 9.97 Å². The zero-order valence-corrected chi connectivity index (χ0v) is 13.6. The number of anilines is 2. The molecule has 1 N–H and O–H groups in total. The lowest BCUT2D eigenvalue weighted by molar-refractivity contribution is 0.392. The number of hydrogen-bond acceptors (Lipinski definition) is 4. The van der Waals surface area contributed by atoms with Gasteiger partial charge >= 0.3 is 0 Å². The zero-order chi connectivity index (χ0) is 16.2. The predicted octanol–water partition coefficient (Wildman–Crippen LogP) is 3.89. The van der Waals surface area contributed by atoms with Crippen LogP contribution in [0.5, 0.6) is 5.88 Å². The van der Waals surface area contributed by atoms with Crippen LogP contribution in [-0.4, -0.2) is 21.6 Å². The molecule has 0 aliphatic rings. The van der Waals surface area contributed by atoms with Crippen LogP contribution in [0.1, 0.15) is 18.2 Å². The van der Waals surface area contributed by atoms with Crippen molar-refractivity contribution in [3.63, 3.8) is 0 Å². The summed E-state index contributed by atoms with van der Waals surface area (Å²) in [6, 6.07) is 10.3. The number of hydrogen-bond donors (Lipinski definition) is 1. The van der Waals surface area contributed by atoms with Crippen LogP contribution in [-0.2, 0) is 6.42 Å². The van der Waals surface area contributed by atoms with Gasteiger partial charge in [0.25, 0.3) is 0 Å². The number of nitrogens with one attached hydrogen (secondary N) is 1. The fourth-order valence-electron chi connectivity index (χ4n) is 2.47. The number of nitrogens with zero attached hydrogens (tertiary/aromatic N) is 3. The van der Waals surface area contributed by atoms with Gasteiger partial charge in [-0.05, 0) is 43.7 Å². The summed E-state index contributed by atoms with van der Waals surface area (Å²) >= 11 is 0. The van der Waals surface area contributed by atoms with Gasteiger partial charge in [0.1, 0.15) is 0 Å². The van der Waals surface area contributed by atoms with Crippen molar-refractivity contribution in [1.82, 2.24) is 14.5 Å². The molecule has 23 heavy (non-hydrogen) atoms. The second kappa shape index (κ2) is 6.52. The average molecular weight is 308 g/mol. The summed E-state index contributed by atoms with van der Waals surface area (Å²) in [7, 11) is 1.66. The van der Waals surface area contributed by atoms with Crippen molar-refractivity contribution < 1.29 is 4.74 Å². The summed E-state index contributed by atoms with van der Waals surface area (Å²) in [6.07, 6.45) is 6.36. The first-order valence-electron chi connectivity index (χ1n) is 7.61. The number of imidazole rings is 1. The van der Waals surface area contributed by atoms with Crippen LogP contribution in [0.2, 0.25) is 0 Å². The summed E-state index contributed by atoms with van der Waals surface area (Å²) in [4.78, 5) is 8.58. The molecule has 2 heterocycles. The maximum absolute atomic E-state index is 5.33. The number of benzene rings is 1. The van der Waals surface area contributed by atoms with Crippen LogP contribution in [0.25, 0.3) is 5.69 Å². The standard InChI is InChI=1S/C18H20N4O/c1-4-14-11-17(13(2)20-18(14)23-3)21-15-5-7-16(8-6-15)22-10-9-19-12-22/h5-12,21H,4H2,1-3H3. The number of aryl methyl sites for hydroxylation is 2. The minimum absolute atomic E-state index is 0.700. The van der Waals surface area contributed by atoms with Crippen LogP contribution in [0, 0.1) is 6.92 Å². The van der Waals surface area contributed by atoms with Crippen LogP contribution >= 0.6 is 0 Å². The molecular weight excluding hydrogens is 288 g/mol. The summed E-state index contributed by atoms with van der Waals surface area (Å²) in [5.74, 6) is 0.700. The Bertz CT molecular complexity index is 780. The maximum atomic E-state index is 5.33. The number of aromatic nitrogens is 3. The van der Waals surface area contributed by atoms with Gasteiger partial charge < -0.3 is 14.6 Å². The number of rotatable bonds is 5. The molecule has 0 spiro atoms. The molecule has 1 aromatic carbocycles. The molecule has 2 aromatic heterocycles. The van der Waals surface area contributed by atoms with Crippen molar-refractivity contribution in [2.24, 2.45) is 0 Å². The molecule has 0 saturated heterocycles. The second-order valence-electron chi connectivity index (χ2n) is 5.29. The number of pyridine rings is 1. The lowest BCUT2D eigenvalue weighted by Gasteiger charge is -2.14. The van der Waals surface area contributed by atoms with E-state index >= 15 is 0 Å². The van der Waals surface area contributed by atoms with E-state index in [1.54, 1.807) is 19.6 Å². The molecule has 0 amide bonds. The Labute approximate surface area is 136 Å². The third kappa shape index (κ3) is 3.18. The van der Waals surface area contributed by atoms with Gasteiger partial charge in [0.2, 0.25) is 5.88 Å². The van der Waals surface area contributed by atoms with E-state index < -0.39 is 0 Å². The van der Waals surface area contributed by atoms with Gasteiger partial charge in [-0.2, -0.15) is 0 Å². The van der Waals surface area contributed by atoms with E-state index in [1.165, 1.54) is 0 Å². The van der Waals surface area contributed by atoms with Crippen molar-refractivity contribution in [2.75, 3.05) is 12.4 Å². The molecule has 0 saturated carbocycles. The smallest absolute Gasteiger partial charge is 0.216 e. The highest BCUT2D eigenvalue weighted by Crippen LogP contribution is 2.26. The SMILES string of the molecule is CCc1cc(Nc2ccc(-n3ccnc3)cc2)c(C)nc1OC. The second-order valence-corrected chi connectivity index (χ2v) is 5.29. The highest BCUT2D eigenvalue weighted by atomic mass is 16.5. The molecule has 0 radical (unpaired) electrons. The summed E-state index contributed by atoms with van der Waals surface area (Å²) in [6.45, 7) is 4.07. The summed E-state index contributed by atoms with van der Waals surface area (Å²) in [5, 5.41) is 3.43. The molecule has 0 fully saturated rings. The Kier molecular flexibility index (Phi) is 4.28. The highest BCUT2D eigenvalue weighted by molar-refractivity contribution is 5.64. The number of ether oxygens (including phenoxy) is 1. The molecule has 118 valence electrons. The average Bonchev–Trinajstić information content (AvgIpc) is 3.11. The van der Waals surface area contributed by atoms with E-state index in [1.807, 2.05) is 29.8 Å². The number of methoxy groups -OCH3 is 1. The van der Waals surface area contributed by atoms with Crippen LogP contribution < -0.4 is 10.1 Å². The minimum Gasteiger partial charge on any atom is -0.481 e. The third-order valence-corrected chi connectivity index (χ3v) is 3.78. The van der Waals surface area contributed by atoms with Gasteiger partial charge in [-0.3, -0.25) is 0 Å². The van der Waals surface area contributed by atoms with E-state index in [2.05, 4.69) is 40.4 Å². The van der Waals surface area contributed by atoms with Crippen LogP contribution in [0.15, 0.2) is 49.1 Å². The molecule has 5 nitrogen and oxygen atoms in total. The van der Waals surface area contributed by atoms with Crippen LogP contribution in [0.3, 0.4) is 0 Å². The van der Waals surface area contributed by atoms with E-state index in [0.29, 0.717) is 5.88 Å². The van der Waals surface area contributed by atoms with Crippen LogP contribution in [0.4, 0.5) is 11.4 Å². The molecule has 0 unspecified atom stereocenters. The molecule has 0 aliphatic heterocycles. The Morgan fingerprint density at radius 3 is 2.61 bits per heavy atom. The van der Waals surface area contributed by atoms with Gasteiger partial charge in [0.05, 0.1) is 24.8 Å². The molecular formula is C18H20N4O. The van der Waals surface area contributed by atoms with E-state index in [0.717, 1.165) is 34.7 Å². The van der Waals surface area contributed by atoms with Gasteiger partial charge in [-0.15, -0.1) is 0 Å². The Morgan fingerprint density at radius 1 is 1.22 bits per heavy atom.